The lowest BCUT2D eigenvalue weighted by Crippen LogP contribution is -2.46. The summed E-state index contributed by atoms with van der Waals surface area (Å²) in [5.74, 6) is 0.709. The first-order valence-corrected chi connectivity index (χ1v) is 13.0. The van der Waals surface area contributed by atoms with E-state index in [9.17, 15) is 14.0 Å². The second-order valence-electron chi connectivity index (χ2n) is 11.3. The van der Waals surface area contributed by atoms with Crippen molar-refractivity contribution in [1.29, 1.82) is 0 Å². The predicted molar refractivity (Wildman–Crippen MR) is 155 cm³/mol. The minimum absolute atomic E-state index is 0.284. The maximum atomic E-state index is 13.9. The third-order valence-electron chi connectivity index (χ3n) is 6.45. The maximum absolute atomic E-state index is 13.9. The first-order chi connectivity index (χ1) is 19.3. The number of benzene rings is 2. The number of aryl methyl sites for hydroxylation is 1. The number of anilines is 5. The average Bonchev–Trinajstić information content (AvgIpc) is 3.31. The summed E-state index contributed by atoms with van der Waals surface area (Å²) in [6.07, 6.45) is 1.33. The van der Waals surface area contributed by atoms with Crippen molar-refractivity contribution in [3.63, 3.8) is 0 Å². The van der Waals surface area contributed by atoms with E-state index in [1.54, 1.807) is 50.2 Å². The Kier molecular flexibility index (Phi) is 6.85. The Labute approximate surface area is 236 Å². The van der Waals surface area contributed by atoms with Gasteiger partial charge in [-0.15, -0.1) is 0 Å². The molecule has 0 spiro atoms. The van der Waals surface area contributed by atoms with Crippen molar-refractivity contribution in [3.8, 4) is 11.4 Å². The van der Waals surface area contributed by atoms with E-state index >= 15 is 0 Å². The lowest BCUT2D eigenvalue weighted by molar-refractivity contribution is -0.129. The zero-order valence-corrected chi connectivity index (χ0v) is 23.6. The van der Waals surface area contributed by atoms with Crippen molar-refractivity contribution in [2.75, 3.05) is 21.3 Å². The monoisotopic (exact) mass is 558 g/mol. The molecule has 0 unspecified atom stereocenters. The van der Waals surface area contributed by atoms with Gasteiger partial charge >= 0.3 is 6.03 Å². The molecule has 4 N–H and O–H groups in total. The van der Waals surface area contributed by atoms with Crippen LogP contribution in [0.4, 0.5) is 38.0 Å². The first kappa shape index (κ1) is 27.6. The number of nitrogens with zero attached hydrogens (tertiary/aromatic N) is 4. The minimum Gasteiger partial charge on any atom is -0.470 e. The summed E-state index contributed by atoms with van der Waals surface area (Å²) in [5.41, 5.74) is 1.93. The molecule has 0 atom stereocenters. The molecule has 1 aliphatic rings. The summed E-state index contributed by atoms with van der Waals surface area (Å²) in [7, 11) is 0. The van der Waals surface area contributed by atoms with Crippen LogP contribution in [0.1, 0.15) is 45.9 Å². The van der Waals surface area contributed by atoms with Gasteiger partial charge in [-0.2, -0.15) is 5.10 Å². The van der Waals surface area contributed by atoms with Crippen LogP contribution in [0.25, 0.3) is 5.69 Å². The van der Waals surface area contributed by atoms with Gasteiger partial charge in [0.05, 0.1) is 11.4 Å². The number of ether oxygens (including phenoxy) is 1. The molecule has 41 heavy (non-hydrogen) atoms. The van der Waals surface area contributed by atoms with Gasteiger partial charge in [-0.05, 0) is 62.7 Å². The molecule has 3 amide bonds. The van der Waals surface area contributed by atoms with Gasteiger partial charge in [0.25, 0.3) is 5.91 Å². The van der Waals surface area contributed by atoms with Crippen LogP contribution >= 0.6 is 0 Å². The predicted octanol–water partition coefficient (Wildman–Crippen LogP) is 5.90. The van der Waals surface area contributed by atoms with Crippen molar-refractivity contribution >= 4 is 40.8 Å². The highest BCUT2D eigenvalue weighted by Crippen LogP contribution is 2.38. The van der Waals surface area contributed by atoms with Crippen LogP contribution in [0, 0.1) is 12.7 Å². The van der Waals surface area contributed by atoms with Crippen LogP contribution in [-0.4, -0.2) is 37.3 Å². The molecule has 0 saturated carbocycles. The van der Waals surface area contributed by atoms with Crippen LogP contribution in [-0.2, 0) is 10.2 Å². The Hall–Kier alpha value is -5.00. The van der Waals surface area contributed by atoms with Crippen LogP contribution < -0.4 is 26.0 Å². The molecule has 0 saturated heterocycles. The quantitative estimate of drug-likeness (QED) is 0.239. The minimum atomic E-state index is -1.08. The Morgan fingerprint density at radius 1 is 1.07 bits per heavy atom. The number of rotatable bonds is 5. The molecular weight excluding hydrogens is 527 g/mol. The molecular formula is C29H31FN8O3. The number of halogens is 1. The highest BCUT2D eigenvalue weighted by atomic mass is 19.1. The molecule has 4 aromatic rings. The van der Waals surface area contributed by atoms with Crippen LogP contribution in [0.2, 0.25) is 0 Å². The molecule has 3 heterocycles. The Balaban J connectivity index is 1.33. The molecule has 0 radical (unpaired) electrons. The number of urea groups is 1. The molecule has 5 rings (SSSR count). The molecule has 2 aromatic heterocycles. The van der Waals surface area contributed by atoms with Crippen molar-refractivity contribution in [2.45, 2.75) is 52.6 Å². The third kappa shape index (κ3) is 5.81. The normalized spacial score (nSPS) is 14.0. The average molecular weight is 559 g/mol. The summed E-state index contributed by atoms with van der Waals surface area (Å²) >= 11 is 0. The van der Waals surface area contributed by atoms with Crippen LogP contribution in [0.5, 0.6) is 5.75 Å². The Bertz CT molecular complexity index is 1660. The second-order valence-corrected chi connectivity index (χ2v) is 11.3. The van der Waals surface area contributed by atoms with E-state index in [1.165, 1.54) is 23.1 Å². The topological polar surface area (TPSA) is 135 Å². The van der Waals surface area contributed by atoms with Gasteiger partial charge in [0.1, 0.15) is 18.0 Å². The van der Waals surface area contributed by atoms with Gasteiger partial charge in [0.15, 0.2) is 17.2 Å². The lowest BCUT2D eigenvalue weighted by atomic mass is 9.92. The van der Waals surface area contributed by atoms with Crippen LogP contribution in [0.3, 0.4) is 0 Å². The number of nitrogens with one attached hydrogen (secondary N) is 4. The van der Waals surface area contributed by atoms with Crippen molar-refractivity contribution in [1.82, 2.24) is 19.7 Å². The van der Waals surface area contributed by atoms with E-state index in [0.717, 1.165) is 11.3 Å². The third-order valence-corrected chi connectivity index (χ3v) is 6.45. The first-order valence-electron chi connectivity index (χ1n) is 13.0. The summed E-state index contributed by atoms with van der Waals surface area (Å²) < 4.78 is 21.3. The molecule has 212 valence electrons. The van der Waals surface area contributed by atoms with Crippen molar-refractivity contribution < 1.29 is 18.7 Å². The van der Waals surface area contributed by atoms with E-state index in [2.05, 4.69) is 36.3 Å². The molecule has 0 aliphatic carbocycles. The largest absolute Gasteiger partial charge is 0.470 e. The molecule has 2 aromatic carbocycles. The number of carbonyl (C=O) groups is 2. The number of hydrogen-bond acceptors (Lipinski definition) is 7. The Morgan fingerprint density at radius 2 is 1.85 bits per heavy atom. The fourth-order valence-corrected chi connectivity index (χ4v) is 4.14. The van der Waals surface area contributed by atoms with Gasteiger partial charge in [-0.25, -0.2) is 23.8 Å². The SMILES string of the molecule is Cc1cc(NC(=O)Nc2cc(C(C)(C)C)nn2-c2cccc(F)c2)ccc1Nc1ncnc2c1OC(C)(C)C(=O)N2. The standard InChI is InChI=1S/C29H31FN8O3/c1-16-12-18(10-11-20(16)34-24-23-25(32-15-31-24)36-26(39)29(5,6)41-23)33-27(40)35-22-14-21(28(2,3)4)37-38(22)19-9-7-8-17(30)13-19/h7-15H,1-6H3,(H2,33,35,40)(H2,31,32,34,36,39). The zero-order valence-electron chi connectivity index (χ0n) is 23.6. The van der Waals surface area contributed by atoms with Gasteiger partial charge in [-0.3, -0.25) is 10.1 Å². The number of amides is 3. The van der Waals surface area contributed by atoms with Gasteiger partial charge in [0, 0.05) is 22.9 Å². The fraction of sp³-hybridized carbons (Fsp3) is 0.276. The maximum Gasteiger partial charge on any atom is 0.324 e. The molecule has 1 aliphatic heterocycles. The van der Waals surface area contributed by atoms with Crippen molar-refractivity contribution in [3.05, 3.63) is 71.9 Å². The smallest absolute Gasteiger partial charge is 0.324 e. The van der Waals surface area contributed by atoms with E-state index in [0.29, 0.717) is 34.4 Å². The van der Waals surface area contributed by atoms with Gasteiger partial charge in [-0.1, -0.05) is 26.8 Å². The number of aromatic nitrogens is 4. The van der Waals surface area contributed by atoms with E-state index in [1.807, 2.05) is 27.7 Å². The number of fused-ring (bicyclic) bond motifs is 1. The summed E-state index contributed by atoms with van der Waals surface area (Å²) in [6, 6.07) is 12.6. The lowest BCUT2D eigenvalue weighted by Gasteiger charge is -2.31. The van der Waals surface area contributed by atoms with Gasteiger partial charge < -0.3 is 20.7 Å². The summed E-state index contributed by atoms with van der Waals surface area (Å²) in [5, 5.41) is 16.2. The number of hydrogen-bond donors (Lipinski definition) is 4. The summed E-state index contributed by atoms with van der Waals surface area (Å²) in [4.78, 5) is 33.6. The van der Waals surface area contributed by atoms with E-state index in [4.69, 9.17) is 4.74 Å². The molecule has 11 nitrogen and oxygen atoms in total. The Morgan fingerprint density at radius 3 is 2.56 bits per heavy atom. The van der Waals surface area contributed by atoms with Crippen molar-refractivity contribution in [2.24, 2.45) is 0 Å². The van der Waals surface area contributed by atoms with E-state index in [-0.39, 0.29) is 17.1 Å². The number of carbonyl (C=O) groups excluding carboxylic acids is 2. The molecule has 0 bridgehead atoms. The highest BCUT2D eigenvalue weighted by molar-refractivity contribution is 6.01. The second kappa shape index (κ2) is 10.2. The summed E-state index contributed by atoms with van der Waals surface area (Å²) in [6.45, 7) is 11.2. The molecule has 12 heteroatoms. The highest BCUT2D eigenvalue weighted by Gasteiger charge is 2.37. The van der Waals surface area contributed by atoms with Gasteiger partial charge in [0.2, 0.25) is 5.75 Å². The fourth-order valence-electron chi connectivity index (χ4n) is 4.14. The van der Waals surface area contributed by atoms with Crippen LogP contribution in [0.15, 0.2) is 54.9 Å². The zero-order chi connectivity index (χ0) is 29.5. The molecule has 0 fully saturated rings. The van der Waals surface area contributed by atoms with E-state index < -0.39 is 17.4 Å².